The molecule has 1 aromatic heterocycles. The summed E-state index contributed by atoms with van der Waals surface area (Å²) in [4.78, 5) is 27.4. The standard InChI is InChI=1S/C17H16BrClN2O2S/c18-12-6-5-11(13(19)9-12)10-20-16(22)14-3-1-7-21(14)17(23)15-4-2-8-24-15/h2,4-6,8-9,14H,1,3,7,10H2,(H,20,22)/t14-/m0/s1. The Hall–Kier alpha value is -1.37. The monoisotopic (exact) mass is 426 g/mol. The number of rotatable bonds is 4. The number of benzene rings is 1. The molecule has 1 aliphatic heterocycles. The number of nitrogens with zero attached hydrogens (tertiary/aromatic N) is 1. The van der Waals surface area contributed by atoms with E-state index in [1.54, 1.807) is 17.0 Å². The summed E-state index contributed by atoms with van der Waals surface area (Å²) in [6, 6.07) is 8.78. The number of hydrogen-bond donors (Lipinski definition) is 1. The maximum absolute atomic E-state index is 12.5. The summed E-state index contributed by atoms with van der Waals surface area (Å²) in [5.74, 6) is -0.194. The molecule has 7 heteroatoms. The summed E-state index contributed by atoms with van der Waals surface area (Å²) < 4.78 is 0.895. The van der Waals surface area contributed by atoms with Gasteiger partial charge in [-0.25, -0.2) is 0 Å². The predicted octanol–water partition coefficient (Wildman–Crippen LogP) is 4.09. The Kier molecular flexibility index (Phi) is 5.58. The van der Waals surface area contributed by atoms with Crippen LogP contribution in [0.3, 0.4) is 0 Å². The molecule has 1 saturated heterocycles. The van der Waals surface area contributed by atoms with Crippen molar-refractivity contribution < 1.29 is 9.59 Å². The fourth-order valence-electron chi connectivity index (χ4n) is 2.79. The van der Waals surface area contributed by atoms with Crippen LogP contribution in [-0.4, -0.2) is 29.3 Å². The first kappa shape index (κ1) is 17.5. The summed E-state index contributed by atoms with van der Waals surface area (Å²) in [5.41, 5.74) is 0.849. The number of carbonyl (C=O) groups is 2. The van der Waals surface area contributed by atoms with E-state index in [4.69, 9.17) is 11.6 Å². The number of carbonyl (C=O) groups excluding carboxylic acids is 2. The van der Waals surface area contributed by atoms with Crippen molar-refractivity contribution in [2.75, 3.05) is 6.54 Å². The van der Waals surface area contributed by atoms with Gasteiger partial charge >= 0.3 is 0 Å². The second-order valence-electron chi connectivity index (χ2n) is 5.59. The minimum absolute atomic E-state index is 0.0654. The highest BCUT2D eigenvalue weighted by Gasteiger charge is 2.34. The van der Waals surface area contributed by atoms with Crippen LogP contribution in [0.2, 0.25) is 5.02 Å². The SMILES string of the molecule is O=C(NCc1ccc(Br)cc1Cl)[C@@H]1CCCN1C(=O)c1cccs1. The Labute approximate surface area is 157 Å². The van der Waals surface area contributed by atoms with Crippen molar-refractivity contribution in [1.82, 2.24) is 10.2 Å². The van der Waals surface area contributed by atoms with E-state index in [-0.39, 0.29) is 11.8 Å². The molecule has 1 aliphatic rings. The van der Waals surface area contributed by atoms with Crippen molar-refractivity contribution in [3.8, 4) is 0 Å². The summed E-state index contributed by atoms with van der Waals surface area (Å²) in [7, 11) is 0. The highest BCUT2D eigenvalue weighted by Crippen LogP contribution is 2.24. The molecule has 126 valence electrons. The van der Waals surface area contributed by atoms with Crippen LogP contribution in [-0.2, 0) is 11.3 Å². The summed E-state index contributed by atoms with van der Waals surface area (Å²) >= 11 is 10.9. The first-order chi connectivity index (χ1) is 11.6. The Morgan fingerprint density at radius 2 is 2.21 bits per heavy atom. The van der Waals surface area contributed by atoms with Crippen molar-refractivity contribution in [2.24, 2.45) is 0 Å². The first-order valence-electron chi connectivity index (χ1n) is 7.62. The lowest BCUT2D eigenvalue weighted by Gasteiger charge is -2.23. The van der Waals surface area contributed by atoms with E-state index in [0.29, 0.717) is 29.4 Å². The number of halogens is 2. The number of thiophene rings is 1. The normalized spacial score (nSPS) is 17.1. The molecule has 4 nitrogen and oxygen atoms in total. The molecule has 1 fully saturated rings. The van der Waals surface area contributed by atoms with Crippen LogP contribution >= 0.6 is 38.9 Å². The zero-order valence-corrected chi connectivity index (χ0v) is 16.0. The molecule has 0 unspecified atom stereocenters. The van der Waals surface area contributed by atoms with Crippen molar-refractivity contribution in [3.63, 3.8) is 0 Å². The van der Waals surface area contributed by atoms with Gasteiger partial charge in [0.15, 0.2) is 0 Å². The highest BCUT2D eigenvalue weighted by atomic mass is 79.9. The van der Waals surface area contributed by atoms with E-state index >= 15 is 0 Å². The molecule has 0 spiro atoms. The third-order valence-electron chi connectivity index (χ3n) is 4.02. The zero-order valence-electron chi connectivity index (χ0n) is 12.8. The van der Waals surface area contributed by atoms with Crippen LogP contribution in [0, 0.1) is 0 Å². The first-order valence-corrected chi connectivity index (χ1v) is 9.67. The van der Waals surface area contributed by atoms with Gasteiger partial charge in [-0.3, -0.25) is 9.59 Å². The van der Waals surface area contributed by atoms with Crippen LogP contribution in [0.4, 0.5) is 0 Å². The lowest BCUT2D eigenvalue weighted by molar-refractivity contribution is -0.125. The Morgan fingerprint density at radius 1 is 1.38 bits per heavy atom. The van der Waals surface area contributed by atoms with Crippen molar-refractivity contribution in [2.45, 2.75) is 25.4 Å². The molecule has 1 N–H and O–H groups in total. The van der Waals surface area contributed by atoms with E-state index in [9.17, 15) is 9.59 Å². The molecule has 3 rings (SSSR count). The Balaban J connectivity index is 1.64. The zero-order chi connectivity index (χ0) is 17.1. The second kappa shape index (κ2) is 7.68. The largest absolute Gasteiger partial charge is 0.350 e. The summed E-state index contributed by atoms with van der Waals surface area (Å²) in [6.07, 6.45) is 1.53. The number of amides is 2. The second-order valence-corrected chi connectivity index (χ2v) is 7.86. The predicted molar refractivity (Wildman–Crippen MR) is 99.4 cm³/mol. The fourth-order valence-corrected chi connectivity index (χ4v) is 4.21. The lowest BCUT2D eigenvalue weighted by atomic mass is 10.2. The van der Waals surface area contributed by atoms with Crippen LogP contribution < -0.4 is 5.32 Å². The third-order valence-corrected chi connectivity index (χ3v) is 5.72. The molecule has 1 atom stereocenters. The van der Waals surface area contributed by atoms with E-state index in [0.717, 1.165) is 16.5 Å². The van der Waals surface area contributed by atoms with Crippen molar-refractivity contribution >= 4 is 50.7 Å². The van der Waals surface area contributed by atoms with Gasteiger partial charge in [0, 0.05) is 22.6 Å². The molecule has 1 aromatic carbocycles. The van der Waals surface area contributed by atoms with E-state index in [1.807, 2.05) is 23.6 Å². The van der Waals surface area contributed by atoms with Crippen LogP contribution in [0.15, 0.2) is 40.2 Å². The molecule has 0 bridgehead atoms. The van der Waals surface area contributed by atoms with Crippen molar-refractivity contribution in [1.29, 1.82) is 0 Å². The van der Waals surface area contributed by atoms with Gasteiger partial charge in [0.2, 0.25) is 5.91 Å². The average Bonchev–Trinajstić information content (AvgIpc) is 3.24. The summed E-state index contributed by atoms with van der Waals surface area (Å²) in [5, 5.41) is 5.37. The number of hydrogen-bond acceptors (Lipinski definition) is 3. The smallest absolute Gasteiger partial charge is 0.264 e. The molecule has 0 saturated carbocycles. The van der Waals surface area contributed by atoms with Crippen molar-refractivity contribution in [3.05, 3.63) is 55.6 Å². The van der Waals surface area contributed by atoms with Gasteiger partial charge in [0.1, 0.15) is 6.04 Å². The van der Waals surface area contributed by atoms with E-state index in [1.165, 1.54) is 11.3 Å². The molecular formula is C17H16BrClN2O2S. The minimum Gasteiger partial charge on any atom is -0.350 e. The lowest BCUT2D eigenvalue weighted by Crippen LogP contribution is -2.45. The van der Waals surface area contributed by atoms with E-state index in [2.05, 4.69) is 21.2 Å². The molecule has 24 heavy (non-hydrogen) atoms. The van der Waals surface area contributed by atoms with Crippen LogP contribution in [0.25, 0.3) is 0 Å². The van der Waals surface area contributed by atoms with E-state index < -0.39 is 6.04 Å². The number of likely N-dealkylation sites (tertiary alicyclic amines) is 1. The van der Waals surface area contributed by atoms with Gasteiger partial charge in [0.05, 0.1) is 4.88 Å². The minimum atomic E-state index is -0.408. The quantitative estimate of drug-likeness (QED) is 0.799. The Morgan fingerprint density at radius 3 is 2.92 bits per heavy atom. The van der Waals surface area contributed by atoms with Gasteiger partial charge in [-0.2, -0.15) is 0 Å². The third kappa shape index (κ3) is 3.82. The average molecular weight is 428 g/mol. The van der Waals surface area contributed by atoms with Gasteiger partial charge in [-0.05, 0) is 42.0 Å². The molecule has 2 heterocycles. The highest BCUT2D eigenvalue weighted by molar-refractivity contribution is 9.10. The van der Waals surface area contributed by atoms with Gasteiger partial charge in [0.25, 0.3) is 5.91 Å². The van der Waals surface area contributed by atoms with Gasteiger partial charge in [-0.15, -0.1) is 11.3 Å². The maximum Gasteiger partial charge on any atom is 0.264 e. The topological polar surface area (TPSA) is 49.4 Å². The summed E-state index contributed by atoms with van der Waals surface area (Å²) in [6.45, 7) is 0.969. The molecular weight excluding hydrogens is 412 g/mol. The Bertz CT molecular complexity index is 751. The maximum atomic E-state index is 12.5. The fraction of sp³-hybridized carbons (Fsp3) is 0.294. The van der Waals surface area contributed by atoms with Crippen LogP contribution in [0.5, 0.6) is 0 Å². The molecule has 0 radical (unpaired) electrons. The number of nitrogens with one attached hydrogen (secondary N) is 1. The van der Waals surface area contributed by atoms with Gasteiger partial charge < -0.3 is 10.2 Å². The molecule has 2 amide bonds. The van der Waals surface area contributed by atoms with Gasteiger partial charge in [-0.1, -0.05) is 39.7 Å². The van der Waals surface area contributed by atoms with Crippen LogP contribution in [0.1, 0.15) is 28.1 Å². The molecule has 2 aromatic rings. The molecule has 0 aliphatic carbocycles.